The first-order valence-electron chi connectivity index (χ1n) is 19.5. The van der Waals surface area contributed by atoms with E-state index in [0.29, 0.717) is 30.2 Å². The van der Waals surface area contributed by atoms with Gasteiger partial charge in [0.25, 0.3) is 0 Å². The molecule has 0 radical (unpaired) electrons. The van der Waals surface area contributed by atoms with Crippen molar-refractivity contribution in [3.05, 3.63) is 12.3 Å². The van der Waals surface area contributed by atoms with Crippen molar-refractivity contribution in [1.82, 2.24) is 10.2 Å². The van der Waals surface area contributed by atoms with Crippen molar-refractivity contribution in [3.8, 4) is 0 Å². The summed E-state index contributed by atoms with van der Waals surface area (Å²) in [7, 11) is 1.29. The average molecular weight is 725 g/mol. The van der Waals surface area contributed by atoms with Crippen LogP contribution in [0, 0.1) is 35.0 Å². The monoisotopic (exact) mass is 725 g/mol. The second-order valence-electron chi connectivity index (χ2n) is 14.4. The number of carbonyl (C=O) groups excluding carboxylic acids is 5. The van der Waals surface area contributed by atoms with Crippen LogP contribution in [0.3, 0.4) is 0 Å². The van der Waals surface area contributed by atoms with E-state index in [1.165, 1.54) is 20.5 Å². The molecule has 1 aliphatic heterocycles. The van der Waals surface area contributed by atoms with Crippen molar-refractivity contribution in [3.63, 3.8) is 0 Å². The van der Waals surface area contributed by atoms with Crippen LogP contribution in [0.15, 0.2) is 12.3 Å². The first-order valence-corrected chi connectivity index (χ1v) is 19.5. The number of piperidine rings is 1. The minimum absolute atomic E-state index is 0.00678. The lowest BCUT2D eigenvalue weighted by Gasteiger charge is -2.35. The number of nitrogens with zero attached hydrogens (tertiary/aromatic N) is 1. The Morgan fingerprint density at radius 1 is 1.00 bits per heavy atom. The zero-order valence-electron chi connectivity index (χ0n) is 34.6. The maximum Gasteiger partial charge on any atom is 0.508 e. The predicted molar refractivity (Wildman–Crippen MR) is 207 cm³/mol. The smallest absolute Gasteiger partial charge is 0.438 e. The summed E-state index contributed by atoms with van der Waals surface area (Å²) in [6, 6.07) is -0.454. The molecule has 0 spiro atoms. The SMILES string of the molecule is C=C(N)C(=O)C(CC)CC(C)CC.CC.CC.CCC(C)(C)C(CC(=O)N1C[C@@H]2C[C@@H]2C1C(C)=O)NC(C)=O.COC(=O)OCC(N)C1CCC1. The summed E-state index contributed by atoms with van der Waals surface area (Å²) in [4.78, 5) is 59.8. The Hall–Kier alpha value is -2.95. The number of amides is 2. The molecule has 298 valence electrons. The van der Waals surface area contributed by atoms with Crippen LogP contribution in [0.4, 0.5) is 4.79 Å². The van der Waals surface area contributed by atoms with Gasteiger partial charge in [0.2, 0.25) is 11.8 Å². The number of hydrogen-bond acceptors (Lipinski definition) is 9. The number of Topliss-reactive ketones (excluding diaryl/α,β-unsaturated/α-hetero) is 2. The predicted octanol–water partition coefficient (Wildman–Crippen LogP) is 7.19. The van der Waals surface area contributed by atoms with Crippen LogP contribution in [-0.2, 0) is 28.7 Å². The molecular formula is C40H76N4O7. The molecule has 2 amide bonds. The summed E-state index contributed by atoms with van der Waals surface area (Å²) in [5.41, 5.74) is 11.2. The highest BCUT2D eigenvalue weighted by molar-refractivity contribution is 5.95. The number of carbonyl (C=O) groups is 5. The molecule has 1 heterocycles. The molecule has 11 nitrogen and oxygen atoms in total. The van der Waals surface area contributed by atoms with Gasteiger partial charge in [-0.25, -0.2) is 4.79 Å². The van der Waals surface area contributed by atoms with Gasteiger partial charge in [0.05, 0.1) is 18.8 Å². The van der Waals surface area contributed by atoms with Crippen molar-refractivity contribution in [2.24, 2.45) is 46.5 Å². The normalized spacial score (nSPS) is 20.7. The first-order chi connectivity index (χ1) is 23.9. The van der Waals surface area contributed by atoms with Crippen LogP contribution in [-0.4, -0.2) is 72.8 Å². The summed E-state index contributed by atoms with van der Waals surface area (Å²) >= 11 is 0. The molecule has 2 saturated carbocycles. The number of likely N-dealkylation sites (tertiary alicyclic amines) is 1. The van der Waals surface area contributed by atoms with Crippen LogP contribution in [0.1, 0.15) is 141 Å². The topological polar surface area (TPSA) is 171 Å². The van der Waals surface area contributed by atoms with E-state index in [1.54, 1.807) is 11.8 Å². The van der Waals surface area contributed by atoms with Gasteiger partial charge in [-0.15, -0.1) is 0 Å². The van der Waals surface area contributed by atoms with E-state index < -0.39 is 6.16 Å². The molecule has 2 aliphatic carbocycles. The summed E-state index contributed by atoms with van der Waals surface area (Å²) in [5, 5.41) is 2.92. The molecule has 0 bridgehead atoms. The summed E-state index contributed by atoms with van der Waals surface area (Å²) in [6.45, 7) is 28.0. The molecule has 0 aromatic rings. The molecule has 5 unspecified atom stereocenters. The molecule has 3 rings (SSSR count). The van der Waals surface area contributed by atoms with Gasteiger partial charge < -0.3 is 31.2 Å². The maximum absolute atomic E-state index is 12.7. The minimum atomic E-state index is -0.648. The lowest BCUT2D eigenvalue weighted by atomic mass is 9.80. The van der Waals surface area contributed by atoms with Crippen molar-refractivity contribution in [2.75, 3.05) is 20.3 Å². The third-order valence-corrected chi connectivity index (χ3v) is 10.4. The van der Waals surface area contributed by atoms with Gasteiger partial charge in [0.1, 0.15) is 6.61 Å². The van der Waals surface area contributed by atoms with E-state index in [0.717, 1.165) is 44.9 Å². The fourth-order valence-electron chi connectivity index (χ4n) is 6.15. The van der Waals surface area contributed by atoms with Crippen LogP contribution >= 0.6 is 0 Å². The Balaban J connectivity index is 0. The third kappa shape index (κ3) is 17.9. The molecule has 0 aromatic carbocycles. The molecule has 3 fully saturated rings. The molecule has 1 saturated heterocycles. The fourth-order valence-corrected chi connectivity index (χ4v) is 6.15. The summed E-state index contributed by atoms with van der Waals surface area (Å²) in [5.74, 6) is 2.08. The number of allylic oxidation sites excluding steroid dienone is 1. The Bertz CT molecular complexity index is 1080. The van der Waals surface area contributed by atoms with Crippen molar-refractivity contribution >= 4 is 29.5 Å². The van der Waals surface area contributed by atoms with Crippen LogP contribution in [0.25, 0.3) is 0 Å². The molecule has 0 aromatic heterocycles. The quantitative estimate of drug-likeness (QED) is 0.117. The highest BCUT2D eigenvalue weighted by atomic mass is 16.7. The Morgan fingerprint density at radius 3 is 1.96 bits per heavy atom. The highest BCUT2D eigenvalue weighted by Crippen LogP contribution is 2.50. The van der Waals surface area contributed by atoms with E-state index in [-0.39, 0.29) is 71.6 Å². The van der Waals surface area contributed by atoms with Crippen LogP contribution < -0.4 is 16.8 Å². The Labute approximate surface area is 310 Å². The number of fused-ring (bicyclic) bond motifs is 1. The molecular weight excluding hydrogens is 648 g/mol. The first kappa shape index (κ1) is 50.2. The van der Waals surface area contributed by atoms with E-state index in [4.69, 9.17) is 16.2 Å². The summed E-state index contributed by atoms with van der Waals surface area (Å²) < 4.78 is 9.04. The van der Waals surface area contributed by atoms with Crippen molar-refractivity contribution < 1.29 is 33.4 Å². The van der Waals surface area contributed by atoms with E-state index in [9.17, 15) is 24.0 Å². The lowest BCUT2D eigenvalue weighted by Crippen LogP contribution is -2.50. The molecule has 7 atom stereocenters. The number of ketones is 2. The largest absolute Gasteiger partial charge is 0.508 e. The van der Waals surface area contributed by atoms with Gasteiger partial charge in [-0.2, -0.15) is 0 Å². The third-order valence-electron chi connectivity index (χ3n) is 10.4. The van der Waals surface area contributed by atoms with Crippen LogP contribution in [0.5, 0.6) is 0 Å². The number of methoxy groups -OCH3 is 1. The number of rotatable bonds is 15. The van der Waals surface area contributed by atoms with E-state index in [2.05, 4.69) is 51.3 Å². The van der Waals surface area contributed by atoms with Crippen molar-refractivity contribution in [2.45, 2.75) is 159 Å². The molecule has 51 heavy (non-hydrogen) atoms. The van der Waals surface area contributed by atoms with Gasteiger partial charge >= 0.3 is 6.16 Å². The fraction of sp³-hybridized carbons (Fsp3) is 0.825. The average Bonchev–Trinajstić information content (AvgIpc) is 3.74. The van der Waals surface area contributed by atoms with Gasteiger partial charge in [-0.1, -0.05) is 88.7 Å². The Morgan fingerprint density at radius 2 is 1.57 bits per heavy atom. The maximum atomic E-state index is 12.7. The van der Waals surface area contributed by atoms with Gasteiger partial charge in [0, 0.05) is 37.9 Å². The number of nitrogens with two attached hydrogens (primary N) is 2. The zero-order valence-corrected chi connectivity index (χ0v) is 34.6. The molecule has 3 aliphatic rings. The van der Waals surface area contributed by atoms with Crippen molar-refractivity contribution in [1.29, 1.82) is 0 Å². The zero-order chi connectivity index (χ0) is 40.1. The van der Waals surface area contributed by atoms with Gasteiger partial charge in [-0.05, 0) is 74.5 Å². The Kier molecular flexibility index (Phi) is 25.5. The number of nitrogens with one attached hydrogen (secondary N) is 1. The van der Waals surface area contributed by atoms with E-state index >= 15 is 0 Å². The second-order valence-corrected chi connectivity index (χ2v) is 14.4. The standard InChI is InChI=1S/C17H28N2O3.C11H21NO.C8H15NO3.2C2H6/c1-6-17(4,5)14(18-11(3)21)8-15(22)19-9-12-7-13(12)16(19)10(2)20;1-5-8(3)7-10(6-2)11(13)9(4)12;1-11-8(10)12-5-7(9)6-3-2-4-6;2*1-2/h12-14,16H,6-9H2,1-5H3,(H,18,21);8,10H,4-7,12H2,1-3H3;6-7H,2-5,9H2,1H3;2*1-2H3/t12-,13-,14?,16?;;;;/m0..../s1. The summed E-state index contributed by atoms with van der Waals surface area (Å²) in [6.07, 6.45) is 8.03. The number of hydrogen-bond donors (Lipinski definition) is 3. The van der Waals surface area contributed by atoms with Gasteiger partial charge in [-0.3, -0.25) is 19.2 Å². The highest BCUT2D eigenvalue weighted by Gasteiger charge is 2.55. The number of ether oxygens (including phenoxy) is 2. The second kappa shape index (κ2) is 25.9. The lowest BCUT2D eigenvalue weighted by molar-refractivity contribution is -0.139. The molecule has 5 N–H and O–H groups in total. The van der Waals surface area contributed by atoms with E-state index in [1.807, 2.05) is 34.6 Å². The minimum Gasteiger partial charge on any atom is -0.438 e. The van der Waals surface area contributed by atoms with Crippen LogP contribution in [0.2, 0.25) is 0 Å². The molecule has 11 heteroatoms. The van der Waals surface area contributed by atoms with Gasteiger partial charge in [0.15, 0.2) is 11.6 Å².